The first-order chi connectivity index (χ1) is 8.35. The van der Waals surface area contributed by atoms with E-state index in [-0.39, 0.29) is 0 Å². The Kier molecular flexibility index (Phi) is 5.26. The quantitative estimate of drug-likeness (QED) is 0.800. The van der Waals surface area contributed by atoms with Crippen LogP contribution in [-0.4, -0.2) is 39.0 Å². The third kappa shape index (κ3) is 3.43. The molecule has 0 amide bonds. The van der Waals surface area contributed by atoms with E-state index in [1.165, 1.54) is 25.7 Å². The minimum absolute atomic E-state index is 0.479. The molecule has 0 saturated carbocycles. The Labute approximate surface area is 105 Å². The van der Waals surface area contributed by atoms with Crippen molar-refractivity contribution in [3.8, 4) is 0 Å². The van der Waals surface area contributed by atoms with Gasteiger partial charge < -0.3 is 14.8 Å². The zero-order valence-corrected chi connectivity index (χ0v) is 11.3. The first-order valence-electron chi connectivity index (χ1n) is 7.21. The Balaban J connectivity index is 1.86. The lowest BCUT2D eigenvalue weighted by Crippen LogP contribution is -2.40. The molecule has 2 saturated heterocycles. The van der Waals surface area contributed by atoms with E-state index in [0.717, 1.165) is 32.2 Å². The molecule has 0 radical (unpaired) electrons. The second kappa shape index (κ2) is 6.72. The number of nitrogens with one attached hydrogen (secondary N) is 1. The molecule has 3 unspecified atom stereocenters. The molecule has 1 N–H and O–H groups in total. The largest absolute Gasteiger partial charge is 0.381 e. The summed E-state index contributed by atoms with van der Waals surface area (Å²) >= 11 is 0. The molecule has 0 aliphatic carbocycles. The summed E-state index contributed by atoms with van der Waals surface area (Å²) in [6, 6.07) is 0.630. The molecule has 0 spiro atoms. The summed E-state index contributed by atoms with van der Waals surface area (Å²) in [5, 5.41) is 3.53. The molecule has 0 aromatic rings. The molecule has 2 fully saturated rings. The molecule has 3 heteroatoms. The van der Waals surface area contributed by atoms with Crippen molar-refractivity contribution in [3.05, 3.63) is 0 Å². The third-order valence-corrected chi connectivity index (χ3v) is 4.48. The van der Waals surface area contributed by atoms with Crippen LogP contribution >= 0.6 is 0 Å². The normalized spacial score (nSPS) is 32.8. The van der Waals surface area contributed by atoms with Gasteiger partial charge in [0, 0.05) is 31.8 Å². The van der Waals surface area contributed by atoms with Crippen LogP contribution in [0, 0.1) is 11.8 Å². The van der Waals surface area contributed by atoms with Crippen LogP contribution in [0.3, 0.4) is 0 Å². The smallest absolute Gasteiger partial charge is 0.0616 e. The summed E-state index contributed by atoms with van der Waals surface area (Å²) in [6.45, 7) is 5.11. The maximum absolute atomic E-state index is 5.82. The summed E-state index contributed by atoms with van der Waals surface area (Å²) in [6.07, 6.45) is 6.63. The minimum Gasteiger partial charge on any atom is -0.381 e. The van der Waals surface area contributed by atoms with Crippen molar-refractivity contribution in [1.29, 1.82) is 0 Å². The van der Waals surface area contributed by atoms with E-state index in [4.69, 9.17) is 9.47 Å². The van der Waals surface area contributed by atoms with Crippen molar-refractivity contribution in [1.82, 2.24) is 5.32 Å². The molecule has 0 bridgehead atoms. The van der Waals surface area contributed by atoms with Gasteiger partial charge in [0.1, 0.15) is 0 Å². The highest BCUT2D eigenvalue weighted by Gasteiger charge is 2.34. The molecule has 100 valence electrons. The molecule has 0 aromatic carbocycles. The average molecular weight is 241 g/mol. The first-order valence-corrected chi connectivity index (χ1v) is 7.21. The van der Waals surface area contributed by atoms with Crippen LogP contribution in [0.5, 0.6) is 0 Å². The van der Waals surface area contributed by atoms with Gasteiger partial charge in [0.25, 0.3) is 0 Å². The number of ether oxygens (including phenoxy) is 2. The van der Waals surface area contributed by atoms with E-state index in [2.05, 4.69) is 19.3 Å². The fraction of sp³-hybridized carbons (Fsp3) is 1.00. The van der Waals surface area contributed by atoms with Crippen molar-refractivity contribution in [2.75, 3.05) is 26.9 Å². The predicted molar refractivity (Wildman–Crippen MR) is 69.1 cm³/mol. The van der Waals surface area contributed by atoms with Gasteiger partial charge >= 0.3 is 0 Å². The van der Waals surface area contributed by atoms with Crippen molar-refractivity contribution >= 4 is 0 Å². The number of rotatable bonds is 5. The van der Waals surface area contributed by atoms with Gasteiger partial charge in [-0.2, -0.15) is 0 Å². The van der Waals surface area contributed by atoms with E-state index in [0.29, 0.717) is 18.1 Å². The first kappa shape index (κ1) is 13.3. The van der Waals surface area contributed by atoms with Crippen molar-refractivity contribution < 1.29 is 9.47 Å². The Bertz CT molecular complexity index is 216. The fourth-order valence-corrected chi connectivity index (χ4v) is 3.39. The minimum atomic E-state index is 0.479. The zero-order chi connectivity index (χ0) is 12.1. The van der Waals surface area contributed by atoms with Crippen LogP contribution in [-0.2, 0) is 9.47 Å². The van der Waals surface area contributed by atoms with E-state index < -0.39 is 0 Å². The number of hydrogen-bond acceptors (Lipinski definition) is 3. The predicted octanol–water partition coefficient (Wildman–Crippen LogP) is 2.21. The molecule has 3 nitrogen and oxygen atoms in total. The monoisotopic (exact) mass is 241 g/mol. The summed E-state index contributed by atoms with van der Waals surface area (Å²) in [4.78, 5) is 0. The molecule has 2 aliphatic rings. The van der Waals surface area contributed by atoms with Gasteiger partial charge in [-0.05, 0) is 45.1 Å². The molecular formula is C14H27NO2. The number of hydrogen-bond donors (Lipinski definition) is 1. The van der Waals surface area contributed by atoms with Crippen LogP contribution in [0.25, 0.3) is 0 Å². The summed E-state index contributed by atoms with van der Waals surface area (Å²) < 4.78 is 11.3. The van der Waals surface area contributed by atoms with E-state index in [9.17, 15) is 0 Å². The van der Waals surface area contributed by atoms with Gasteiger partial charge in [-0.15, -0.1) is 0 Å². The molecule has 2 heterocycles. The Morgan fingerprint density at radius 1 is 1.18 bits per heavy atom. The lowest BCUT2D eigenvalue weighted by molar-refractivity contribution is 0.0488. The lowest BCUT2D eigenvalue weighted by Gasteiger charge is -2.31. The van der Waals surface area contributed by atoms with Crippen molar-refractivity contribution in [2.24, 2.45) is 11.8 Å². The van der Waals surface area contributed by atoms with Crippen LogP contribution in [0.1, 0.15) is 39.0 Å². The van der Waals surface area contributed by atoms with E-state index >= 15 is 0 Å². The average Bonchev–Trinajstić information content (AvgIpc) is 2.85. The maximum atomic E-state index is 5.82. The van der Waals surface area contributed by atoms with Gasteiger partial charge in [-0.1, -0.05) is 6.92 Å². The lowest BCUT2D eigenvalue weighted by atomic mass is 9.83. The van der Waals surface area contributed by atoms with Gasteiger partial charge in [0.05, 0.1) is 6.10 Å². The Morgan fingerprint density at radius 3 is 2.59 bits per heavy atom. The van der Waals surface area contributed by atoms with Gasteiger partial charge in [-0.25, -0.2) is 0 Å². The van der Waals surface area contributed by atoms with E-state index in [1.54, 1.807) is 0 Å². The molecule has 0 aromatic heterocycles. The Hall–Kier alpha value is -0.120. The highest BCUT2D eigenvalue weighted by molar-refractivity contribution is 4.87. The summed E-state index contributed by atoms with van der Waals surface area (Å²) in [5.74, 6) is 1.56. The highest BCUT2D eigenvalue weighted by Crippen LogP contribution is 2.31. The second-order valence-corrected chi connectivity index (χ2v) is 5.46. The second-order valence-electron chi connectivity index (χ2n) is 5.46. The summed E-state index contributed by atoms with van der Waals surface area (Å²) in [5.41, 5.74) is 0. The SMILES string of the molecule is CCC1OCCC1C(CC1CCOCC1)NC. The van der Waals surface area contributed by atoms with E-state index in [1.807, 2.05) is 0 Å². The van der Waals surface area contributed by atoms with Crippen LogP contribution in [0.2, 0.25) is 0 Å². The maximum Gasteiger partial charge on any atom is 0.0616 e. The van der Waals surface area contributed by atoms with Gasteiger partial charge in [0.2, 0.25) is 0 Å². The standard InChI is InChI=1S/C14H27NO2/c1-3-14-12(6-9-17-14)13(15-2)10-11-4-7-16-8-5-11/h11-15H,3-10H2,1-2H3. The van der Waals surface area contributed by atoms with Crippen LogP contribution in [0.4, 0.5) is 0 Å². The van der Waals surface area contributed by atoms with Crippen molar-refractivity contribution in [3.63, 3.8) is 0 Å². The van der Waals surface area contributed by atoms with Gasteiger partial charge in [0.15, 0.2) is 0 Å². The topological polar surface area (TPSA) is 30.5 Å². The van der Waals surface area contributed by atoms with Crippen LogP contribution < -0.4 is 5.32 Å². The Morgan fingerprint density at radius 2 is 1.94 bits per heavy atom. The third-order valence-electron chi connectivity index (χ3n) is 4.48. The molecule has 3 atom stereocenters. The fourth-order valence-electron chi connectivity index (χ4n) is 3.39. The molecule has 17 heavy (non-hydrogen) atoms. The highest BCUT2D eigenvalue weighted by atomic mass is 16.5. The molecular weight excluding hydrogens is 214 g/mol. The van der Waals surface area contributed by atoms with Gasteiger partial charge in [-0.3, -0.25) is 0 Å². The molecule has 2 rings (SSSR count). The molecule has 2 aliphatic heterocycles. The van der Waals surface area contributed by atoms with Crippen LogP contribution in [0.15, 0.2) is 0 Å². The van der Waals surface area contributed by atoms with Crippen molar-refractivity contribution in [2.45, 2.75) is 51.2 Å². The zero-order valence-electron chi connectivity index (χ0n) is 11.3. The summed E-state index contributed by atoms with van der Waals surface area (Å²) in [7, 11) is 2.11.